The molecule has 0 aliphatic heterocycles. The Labute approximate surface area is 101 Å². The first kappa shape index (κ1) is 11.7. The maximum absolute atomic E-state index is 11.1. The van der Waals surface area contributed by atoms with E-state index in [-0.39, 0.29) is 5.91 Å². The number of aromatic amines is 1. The molecule has 2 rings (SSSR count). The minimum atomic E-state index is 0.112. The zero-order valence-electron chi connectivity index (χ0n) is 10.3. The number of aromatic nitrogens is 1. The molecule has 0 fully saturated rings. The van der Waals surface area contributed by atoms with Crippen LogP contribution in [-0.2, 0) is 11.2 Å². The summed E-state index contributed by atoms with van der Waals surface area (Å²) in [7, 11) is 0. The molecule has 1 aromatic carbocycles. The summed E-state index contributed by atoms with van der Waals surface area (Å²) in [5.74, 6) is 0.112. The standard InChI is InChI=1S/C14H18N2O/c1-3-14(17)15-7-6-11-9-16-13-8-10(2)4-5-12(11)13/h4-5,8-9,16H,3,6-7H2,1-2H3,(H,15,17). The van der Waals surface area contributed by atoms with Gasteiger partial charge in [-0.1, -0.05) is 19.1 Å². The Bertz CT molecular complexity index is 528. The van der Waals surface area contributed by atoms with Gasteiger partial charge < -0.3 is 10.3 Å². The number of H-pyrrole nitrogens is 1. The van der Waals surface area contributed by atoms with Crippen molar-refractivity contribution in [1.29, 1.82) is 0 Å². The average Bonchev–Trinajstić information content (AvgIpc) is 2.71. The maximum atomic E-state index is 11.1. The second-order valence-electron chi connectivity index (χ2n) is 4.32. The summed E-state index contributed by atoms with van der Waals surface area (Å²) in [5.41, 5.74) is 3.68. The fourth-order valence-corrected chi connectivity index (χ4v) is 1.97. The molecule has 2 aromatic rings. The third-order valence-electron chi connectivity index (χ3n) is 2.96. The van der Waals surface area contributed by atoms with Crippen molar-refractivity contribution < 1.29 is 4.79 Å². The molecule has 0 aliphatic carbocycles. The van der Waals surface area contributed by atoms with Crippen LogP contribution in [0.2, 0.25) is 0 Å². The second-order valence-corrected chi connectivity index (χ2v) is 4.32. The summed E-state index contributed by atoms with van der Waals surface area (Å²) >= 11 is 0. The zero-order valence-corrected chi connectivity index (χ0v) is 10.3. The first-order valence-corrected chi connectivity index (χ1v) is 6.04. The van der Waals surface area contributed by atoms with Crippen LogP contribution in [0.3, 0.4) is 0 Å². The third-order valence-corrected chi connectivity index (χ3v) is 2.96. The second kappa shape index (κ2) is 5.04. The Morgan fingerprint density at radius 2 is 2.24 bits per heavy atom. The predicted octanol–water partition coefficient (Wildman–Crippen LogP) is 2.55. The fraction of sp³-hybridized carbons (Fsp3) is 0.357. The van der Waals surface area contributed by atoms with Crippen LogP contribution in [0.1, 0.15) is 24.5 Å². The summed E-state index contributed by atoms with van der Waals surface area (Å²) in [6, 6.07) is 6.39. The van der Waals surface area contributed by atoms with Crippen molar-refractivity contribution in [3.05, 3.63) is 35.5 Å². The van der Waals surface area contributed by atoms with Gasteiger partial charge in [0.15, 0.2) is 0 Å². The van der Waals surface area contributed by atoms with Crippen LogP contribution in [0.15, 0.2) is 24.4 Å². The smallest absolute Gasteiger partial charge is 0.219 e. The van der Waals surface area contributed by atoms with Crippen molar-refractivity contribution in [2.75, 3.05) is 6.54 Å². The monoisotopic (exact) mass is 230 g/mol. The number of fused-ring (bicyclic) bond motifs is 1. The lowest BCUT2D eigenvalue weighted by Gasteiger charge is -2.02. The van der Waals surface area contributed by atoms with Crippen LogP contribution in [-0.4, -0.2) is 17.4 Å². The molecule has 0 spiro atoms. The van der Waals surface area contributed by atoms with E-state index in [9.17, 15) is 4.79 Å². The van der Waals surface area contributed by atoms with Gasteiger partial charge in [-0.15, -0.1) is 0 Å². The number of hydrogen-bond acceptors (Lipinski definition) is 1. The van der Waals surface area contributed by atoms with E-state index in [1.807, 2.05) is 13.1 Å². The topological polar surface area (TPSA) is 44.9 Å². The van der Waals surface area contributed by atoms with Crippen molar-refractivity contribution in [3.8, 4) is 0 Å². The van der Waals surface area contributed by atoms with E-state index >= 15 is 0 Å². The van der Waals surface area contributed by atoms with Crippen molar-refractivity contribution in [1.82, 2.24) is 10.3 Å². The molecule has 0 radical (unpaired) electrons. The molecular weight excluding hydrogens is 212 g/mol. The Hall–Kier alpha value is -1.77. The molecule has 0 saturated carbocycles. The maximum Gasteiger partial charge on any atom is 0.219 e. The molecule has 0 unspecified atom stereocenters. The van der Waals surface area contributed by atoms with E-state index in [0.717, 1.165) is 6.42 Å². The summed E-state index contributed by atoms with van der Waals surface area (Å²) in [6.45, 7) is 4.65. The van der Waals surface area contributed by atoms with Gasteiger partial charge in [0, 0.05) is 30.1 Å². The van der Waals surface area contributed by atoms with Crippen molar-refractivity contribution in [2.24, 2.45) is 0 Å². The molecule has 2 N–H and O–H groups in total. The number of amides is 1. The lowest BCUT2D eigenvalue weighted by Crippen LogP contribution is -2.24. The Kier molecular flexibility index (Phi) is 3.47. The van der Waals surface area contributed by atoms with Crippen LogP contribution in [0.25, 0.3) is 10.9 Å². The van der Waals surface area contributed by atoms with Crippen LogP contribution in [0, 0.1) is 6.92 Å². The number of carbonyl (C=O) groups is 1. The molecule has 1 amide bonds. The first-order chi connectivity index (χ1) is 8.20. The van der Waals surface area contributed by atoms with Crippen LogP contribution >= 0.6 is 0 Å². The van der Waals surface area contributed by atoms with Gasteiger partial charge in [0.25, 0.3) is 0 Å². The van der Waals surface area contributed by atoms with E-state index < -0.39 is 0 Å². The van der Waals surface area contributed by atoms with Gasteiger partial charge >= 0.3 is 0 Å². The van der Waals surface area contributed by atoms with Crippen molar-refractivity contribution >= 4 is 16.8 Å². The van der Waals surface area contributed by atoms with Gasteiger partial charge in [-0.25, -0.2) is 0 Å². The molecule has 17 heavy (non-hydrogen) atoms. The quantitative estimate of drug-likeness (QED) is 0.833. The molecule has 0 atom stereocenters. The van der Waals surface area contributed by atoms with Gasteiger partial charge in [0.05, 0.1) is 0 Å². The van der Waals surface area contributed by atoms with E-state index in [4.69, 9.17) is 0 Å². The molecular formula is C14H18N2O. The molecule has 90 valence electrons. The van der Waals surface area contributed by atoms with Crippen molar-refractivity contribution in [3.63, 3.8) is 0 Å². The average molecular weight is 230 g/mol. The minimum Gasteiger partial charge on any atom is -0.361 e. The predicted molar refractivity (Wildman–Crippen MR) is 70.0 cm³/mol. The Balaban J connectivity index is 2.06. The molecule has 1 aromatic heterocycles. The number of hydrogen-bond donors (Lipinski definition) is 2. The molecule has 3 nitrogen and oxygen atoms in total. The van der Waals surface area contributed by atoms with Crippen LogP contribution < -0.4 is 5.32 Å². The van der Waals surface area contributed by atoms with Gasteiger partial charge in [-0.2, -0.15) is 0 Å². The van der Waals surface area contributed by atoms with Gasteiger partial charge in [0.1, 0.15) is 0 Å². The van der Waals surface area contributed by atoms with Gasteiger partial charge in [0.2, 0.25) is 5.91 Å². The van der Waals surface area contributed by atoms with Gasteiger partial charge in [-0.3, -0.25) is 4.79 Å². The normalized spacial score (nSPS) is 10.7. The van der Waals surface area contributed by atoms with E-state index in [0.29, 0.717) is 13.0 Å². The fourth-order valence-electron chi connectivity index (χ4n) is 1.97. The number of carbonyl (C=O) groups excluding carboxylic acids is 1. The summed E-state index contributed by atoms with van der Waals surface area (Å²) in [4.78, 5) is 14.4. The molecule has 0 bridgehead atoms. The number of benzene rings is 1. The molecule has 1 heterocycles. The third kappa shape index (κ3) is 2.67. The highest BCUT2D eigenvalue weighted by Crippen LogP contribution is 2.19. The lowest BCUT2D eigenvalue weighted by molar-refractivity contribution is -0.120. The number of rotatable bonds is 4. The highest BCUT2D eigenvalue weighted by atomic mass is 16.1. The van der Waals surface area contributed by atoms with E-state index in [1.165, 1.54) is 22.0 Å². The summed E-state index contributed by atoms with van der Waals surface area (Å²) < 4.78 is 0. The minimum absolute atomic E-state index is 0.112. The summed E-state index contributed by atoms with van der Waals surface area (Å²) in [6.07, 6.45) is 3.45. The first-order valence-electron chi connectivity index (χ1n) is 6.04. The molecule has 0 aliphatic rings. The Morgan fingerprint density at radius 1 is 1.41 bits per heavy atom. The highest BCUT2D eigenvalue weighted by Gasteiger charge is 2.04. The number of nitrogens with one attached hydrogen (secondary N) is 2. The molecule has 0 saturated heterocycles. The van der Waals surface area contributed by atoms with Crippen molar-refractivity contribution in [2.45, 2.75) is 26.7 Å². The van der Waals surface area contributed by atoms with E-state index in [2.05, 4.69) is 35.4 Å². The number of aryl methyl sites for hydroxylation is 1. The highest BCUT2D eigenvalue weighted by molar-refractivity contribution is 5.84. The van der Waals surface area contributed by atoms with Crippen LogP contribution in [0.4, 0.5) is 0 Å². The SMILES string of the molecule is CCC(=O)NCCc1c[nH]c2cc(C)ccc12. The van der Waals surface area contributed by atoms with E-state index in [1.54, 1.807) is 0 Å². The largest absolute Gasteiger partial charge is 0.361 e. The lowest BCUT2D eigenvalue weighted by atomic mass is 10.1. The summed E-state index contributed by atoms with van der Waals surface area (Å²) in [5, 5.41) is 4.15. The van der Waals surface area contributed by atoms with Gasteiger partial charge in [-0.05, 0) is 30.5 Å². The molecule has 3 heteroatoms. The Morgan fingerprint density at radius 3 is 3.00 bits per heavy atom. The van der Waals surface area contributed by atoms with Crippen LogP contribution in [0.5, 0.6) is 0 Å². The zero-order chi connectivity index (χ0) is 12.3.